The molecule has 2 aromatic carbocycles. The molecule has 4 atom stereocenters. The Morgan fingerprint density at radius 3 is 1.15 bits per heavy atom. The van der Waals surface area contributed by atoms with Gasteiger partial charge < -0.3 is 32.8 Å². The van der Waals surface area contributed by atoms with Crippen LogP contribution in [0.15, 0.2) is 36.4 Å². The van der Waals surface area contributed by atoms with Gasteiger partial charge in [-0.05, 0) is 139 Å². The molecule has 2 fully saturated rings. The molecule has 4 aliphatic heterocycles. The third kappa shape index (κ3) is 7.83. The maximum Gasteiger partial charge on any atom is 0.494 e. The van der Waals surface area contributed by atoms with Crippen molar-refractivity contribution >= 4 is 42.8 Å². The minimum absolute atomic E-state index is 0.0664. The molecular weight excluding hydrogens is 718 g/mol. The molecule has 55 heavy (non-hydrogen) atoms. The lowest BCUT2D eigenvalue weighted by atomic mass is 9.77. The monoisotopic (exact) mass is 788 g/mol. The van der Waals surface area contributed by atoms with E-state index in [1.807, 2.05) is 0 Å². The predicted octanol–water partition coefficient (Wildman–Crippen LogP) is 8.83. The van der Waals surface area contributed by atoms with Crippen molar-refractivity contribution in [3.05, 3.63) is 47.5 Å². The van der Waals surface area contributed by atoms with E-state index >= 15 is 0 Å². The minimum Gasteiger partial charge on any atom is -0.487 e. The second kappa shape index (κ2) is 14.0. The van der Waals surface area contributed by atoms with Crippen LogP contribution in [0.1, 0.15) is 135 Å². The molecule has 4 heterocycles. The molecule has 2 aromatic rings. The van der Waals surface area contributed by atoms with Crippen LogP contribution in [0.5, 0.6) is 11.5 Å². The molecule has 11 heteroatoms. The van der Waals surface area contributed by atoms with Gasteiger partial charge in [0.15, 0.2) is 0 Å². The lowest BCUT2D eigenvalue weighted by molar-refractivity contribution is -0.150. The third-order valence-corrected chi connectivity index (χ3v) is 22.8. The maximum atomic E-state index is 7.97. The first-order chi connectivity index (χ1) is 25.0. The van der Waals surface area contributed by atoms with Crippen molar-refractivity contribution in [1.29, 1.82) is 0 Å². The van der Waals surface area contributed by atoms with Gasteiger partial charge in [-0.3, -0.25) is 0 Å². The highest BCUT2D eigenvalue weighted by molar-refractivity contribution is 6.66. The van der Waals surface area contributed by atoms with Gasteiger partial charge in [-0.1, -0.05) is 78.9 Å². The highest BCUT2D eigenvalue weighted by Crippen LogP contribution is 2.49. The van der Waals surface area contributed by atoms with Crippen LogP contribution in [0.3, 0.4) is 0 Å². The zero-order valence-corrected chi connectivity index (χ0v) is 39.5. The fourth-order valence-electron chi connectivity index (χ4n) is 8.54. The van der Waals surface area contributed by atoms with Crippen LogP contribution in [0.25, 0.3) is 0 Å². The maximum absolute atomic E-state index is 7.97. The van der Waals surface area contributed by atoms with E-state index in [1.165, 1.54) is 11.1 Å². The van der Waals surface area contributed by atoms with Crippen LogP contribution < -0.4 is 20.4 Å². The Morgan fingerprint density at radius 1 is 0.545 bits per heavy atom. The number of ether oxygens (including phenoxy) is 3. The molecule has 2 unspecified atom stereocenters. The summed E-state index contributed by atoms with van der Waals surface area (Å²) in [6, 6.07) is 13.0. The average molecular weight is 789 g/mol. The molecule has 7 nitrogen and oxygen atoms in total. The zero-order chi connectivity index (χ0) is 40.9. The molecule has 0 aliphatic carbocycles. The SMILES string of the molecule is C[Si](C(C)(C)C)C(C)(OC(C)([C@H]1CCc2cc(B3OC(C)(C)C(C)(C)O3)ccc2O1)[Si](C)C(C)(C)C)[C@H]1CCc2cc(B3OC(C)(C)C(C)(C)O3)ccc2O1. The predicted molar refractivity (Wildman–Crippen MR) is 230 cm³/mol. The van der Waals surface area contributed by atoms with E-state index in [0.29, 0.717) is 0 Å². The van der Waals surface area contributed by atoms with Gasteiger partial charge in [-0.15, -0.1) is 0 Å². The first-order valence-electron chi connectivity index (χ1n) is 20.7. The highest BCUT2D eigenvalue weighted by Gasteiger charge is 2.58. The number of fused-ring (bicyclic) bond motifs is 2. The summed E-state index contributed by atoms with van der Waals surface area (Å²) in [6.45, 7) is 40.7. The Balaban J connectivity index is 1.30. The molecule has 4 aliphatic rings. The molecule has 0 N–H and O–H groups in total. The Morgan fingerprint density at radius 2 is 0.855 bits per heavy atom. The fraction of sp³-hybridized carbons (Fsp3) is 0.727. The number of rotatable bonds is 8. The van der Waals surface area contributed by atoms with Crippen LogP contribution in [0.2, 0.25) is 23.2 Å². The Kier molecular flexibility index (Phi) is 11.0. The van der Waals surface area contributed by atoms with Gasteiger partial charge in [0, 0.05) is 0 Å². The number of hydrogen-bond acceptors (Lipinski definition) is 7. The van der Waals surface area contributed by atoms with Gasteiger partial charge in [0.25, 0.3) is 0 Å². The summed E-state index contributed by atoms with van der Waals surface area (Å²) >= 11 is 0. The van der Waals surface area contributed by atoms with Crippen LogP contribution in [0, 0.1) is 0 Å². The second-order valence-electron chi connectivity index (χ2n) is 21.3. The molecule has 0 aromatic heterocycles. The highest BCUT2D eigenvalue weighted by atomic mass is 28.3. The van der Waals surface area contributed by atoms with Crippen molar-refractivity contribution in [3.63, 3.8) is 0 Å². The molecule has 2 saturated heterocycles. The van der Waals surface area contributed by atoms with E-state index in [4.69, 9.17) is 32.8 Å². The van der Waals surface area contributed by atoms with Crippen molar-refractivity contribution in [2.45, 2.75) is 205 Å². The number of benzene rings is 2. The Bertz CT molecular complexity index is 1590. The van der Waals surface area contributed by atoms with Crippen molar-refractivity contribution in [2.24, 2.45) is 0 Å². The van der Waals surface area contributed by atoms with Crippen LogP contribution in [-0.4, -0.2) is 76.9 Å². The fourth-order valence-corrected chi connectivity index (χ4v) is 13.7. The minimum atomic E-state index is -1.19. The van der Waals surface area contributed by atoms with E-state index < -0.39 is 42.3 Å². The molecule has 2 radical (unpaired) electrons. The molecule has 0 spiro atoms. The van der Waals surface area contributed by atoms with Crippen LogP contribution >= 0.6 is 0 Å². The summed E-state index contributed by atoms with van der Waals surface area (Å²) in [5.74, 6) is 1.88. The molecule has 6 rings (SSSR count). The zero-order valence-electron chi connectivity index (χ0n) is 37.5. The lowest BCUT2D eigenvalue weighted by Crippen LogP contribution is -2.69. The third-order valence-electron chi connectivity index (χ3n) is 14.5. The standard InChI is InChI=1S/C44H70B2O7Si2/c1-37(2,3)54(17)43(15,35-25-19-29-27-31(21-23-33(29)47-35)45-50-39(7,8)40(9,10)51-45)49-44(16,55(18)38(4,5)6)36-26-20-30-28-32(22-24-34(30)48-36)46-52-41(11,12)42(13,14)53-46/h21-24,27-28,35-36H,19-20,25-26H2,1-18H3/t35-,36-,43?,44?/m1/s1. The van der Waals surface area contributed by atoms with Gasteiger partial charge in [0.05, 0.1) is 50.4 Å². The Hall–Kier alpha value is -1.60. The van der Waals surface area contributed by atoms with Crippen LogP contribution in [0.4, 0.5) is 0 Å². The van der Waals surface area contributed by atoms with Crippen molar-refractivity contribution in [3.8, 4) is 11.5 Å². The topological polar surface area (TPSA) is 64.6 Å². The summed E-state index contributed by atoms with van der Waals surface area (Å²) in [6.07, 6.45) is 3.36. The second-order valence-corrected chi connectivity index (χ2v) is 28.8. The average Bonchev–Trinajstić information content (AvgIpc) is 3.44. The smallest absolute Gasteiger partial charge is 0.487 e. The van der Waals surface area contributed by atoms with Gasteiger partial charge in [0.2, 0.25) is 0 Å². The van der Waals surface area contributed by atoms with Gasteiger partial charge in [-0.2, -0.15) is 0 Å². The van der Waals surface area contributed by atoms with Crippen molar-refractivity contribution < 1.29 is 32.8 Å². The molecule has 0 amide bonds. The summed E-state index contributed by atoms with van der Waals surface area (Å²) in [5.41, 5.74) is 2.95. The number of aryl methyl sites for hydroxylation is 2. The molecule has 0 bridgehead atoms. The quantitative estimate of drug-likeness (QED) is 0.248. The van der Waals surface area contributed by atoms with Gasteiger partial charge in [-0.25, -0.2) is 0 Å². The van der Waals surface area contributed by atoms with Gasteiger partial charge >= 0.3 is 14.2 Å². The summed E-state index contributed by atoms with van der Waals surface area (Å²) in [4.78, 5) is 0. The molecular formula is C44H70B2O7Si2. The van der Waals surface area contributed by atoms with Crippen LogP contribution in [-0.2, 0) is 36.2 Å². The van der Waals surface area contributed by atoms with E-state index in [2.05, 4.69) is 160 Å². The normalized spacial score (nSPS) is 26.5. The molecule has 0 saturated carbocycles. The van der Waals surface area contributed by atoms with Gasteiger partial charge in [0.1, 0.15) is 23.7 Å². The largest absolute Gasteiger partial charge is 0.494 e. The summed E-state index contributed by atoms with van der Waals surface area (Å²) in [5, 5.41) is -0.893. The molecule has 302 valence electrons. The van der Waals surface area contributed by atoms with E-state index in [-0.39, 0.29) is 44.7 Å². The van der Waals surface area contributed by atoms with E-state index in [9.17, 15) is 0 Å². The summed E-state index contributed by atoms with van der Waals surface area (Å²) in [7, 11) is -3.16. The first kappa shape index (κ1) is 43.0. The summed E-state index contributed by atoms with van der Waals surface area (Å²) < 4.78 is 47.9. The van der Waals surface area contributed by atoms with Crippen molar-refractivity contribution in [2.75, 3.05) is 0 Å². The lowest BCUT2D eigenvalue weighted by Gasteiger charge is -2.56. The Labute approximate surface area is 338 Å². The van der Waals surface area contributed by atoms with Crippen molar-refractivity contribution in [1.82, 2.24) is 0 Å². The van der Waals surface area contributed by atoms with E-state index in [0.717, 1.165) is 48.1 Å². The number of hydrogen-bond donors (Lipinski definition) is 0. The van der Waals surface area contributed by atoms with E-state index in [1.54, 1.807) is 0 Å². The first-order valence-corrected chi connectivity index (χ1v) is 24.7.